The van der Waals surface area contributed by atoms with Crippen LogP contribution in [0.1, 0.15) is 5.56 Å². The van der Waals surface area contributed by atoms with E-state index >= 15 is 0 Å². The lowest BCUT2D eigenvalue weighted by atomic mass is 10.2. The number of benzene rings is 2. The first kappa shape index (κ1) is 15.8. The third kappa shape index (κ3) is 3.83. The fourth-order valence-corrected chi connectivity index (χ4v) is 2.93. The molecule has 7 heteroatoms. The minimum atomic E-state index is -0.443. The Morgan fingerprint density at radius 3 is 2.96 bits per heavy atom. The summed E-state index contributed by atoms with van der Waals surface area (Å²) in [7, 11) is 0. The molecule has 1 aromatic heterocycles. The molecule has 0 atom stereocenters. The van der Waals surface area contributed by atoms with E-state index in [1.807, 2.05) is 0 Å². The first-order chi connectivity index (χ1) is 11.0. The molecule has 0 spiro atoms. The summed E-state index contributed by atoms with van der Waals surface area (Å²) in [5.74, 6) is -0.612. The average Bonchev–Trinajstić information content (AvgIpc) is 2.90. The number of aryl methyl sites for hydroxylation is 1. The van der Waals surface area contributed by atoms with Crippen LogP contribution in [-0.2, 0) is 4.79 Å². The molecule has 0 aliphatic rings. The zero-order chi connectivity index (χ0) is 16.4. The van der Waals surface area contributed by atoms with Crippen molar-refractivity contribution in [1.29, 1.82) is 0 Å². The molecule has 0 aliphatic carbocycles. The molecule has 3 aromatic rings. The Balaban J connectivity index is 1.63. The lowest BCUT2D eigenvalue weighted by molar-refractivity contribution is -0.113. The number of carbonyl (C=O) groups is 1. The first-order valence-corrected chi connectivity index (χ1v) is 8.22. The van der Waals surface area contributed by atoms with E-state index in [-0.39, 0.29) is 17.3 Å². The van der Waals surface area contributed by atoms with Crippen LogP contribution in [0.4, 0.5) is 10.1 Å². The van der Waals surface area contributed by atoms with Crippen molar-refractivity contribution in [2.45, 2.75) is 12.1 Å². The molecule has 0 saturated heterocycles. The summed E-state index contributed by atoms with van der Waals surface area (Å²) < 4.78 is 13.7. The number of halogens is 2. The first-order valence-electron chi connectivity index (χ1n) is 6.85. The minimum absolute atomic E-state index is 0.126. The van der Waals surface area contributed by atoms with E-state index in [1.54, 1.807) is 37.3 Å². The van der Waals surface area contributed by atoms with E-state index in [4.69, 9.17) is 11.6 Å². The summed E-state index contributed by atoms with van der Waals surface area (Å²) in [6, 6.07) is 10.0. The molecule has 2 N–H and O–H groups in total. The van der Waals surface area contributed by atoms with Gasteiger partial charge in [-0.05, 0) is 42.8 Å². The molecule has 1 heterocycles. The highest BCUT2D eigenvalue weighted by Gasteiger charge is 2.10. The Morgan fingerprint density at radius 2 is 2.17 bits per heavy atom. The molecular weight excluding hydrogens is 337 g/mol. The van der Waals surface area contributed by atoms with Gasteiger partial charge in [0.15, 0.2) is 5.16 Å². The molecule has 0 bridgehead atoms. The van der Waals surface area contributed by atoms with Crippen LogP contribution in [-0.4, -0.2) is 21.6 Å². The fraction of sp³-hybridized carbons (Fsp3) is 0.125. The van der Waals surface area contributed by atoms with Crippen molar-refractivity contribution in [2.75, 3.05) is 11.1 Å². The molecule has 118 valence electrons. The van der Waals surface area contributed by atoms with Crippen LogP contribution in [0.2, 0.25) is 5.02 Å². The maximum atomic E-state index is 13.7. The van der Waals surface area contributed by atoms with Gasteiger partial charge >= 0.3 is 0 Å². The number of hydrogen-bond acceptors (Lipinski definition) is 3. The number of aromatic amines is 1. The van der Waals surface area contributed by atoms with Gasteiger partial charge in [-0.1, -0.05) is 29.4 Å². The standard InChI is InChI=1S/C16H13ClFN3OS/c1-9-2-4-12(11(18)6-9)19-15(22)8-23-16-20-13-5-3-10(17)7-14(13)21-16/h2-7H,8H2,1H3,(H,19,22)(H,20,21). The molecular formula is C16H13ClFN3OS. The lowest BCUT2D eigenvalue weighted by Gasteiger charge is -2.06. The van der Waals surface area contributed by atoms with Crippen molar-refractivity contribution in [3.63, 3.8) is 0 Å². The van der Waals surface area contributed by atoms with Crippen molar-refractivity contribution in [1.82, 2.24) is 9.97 Å². The summed E-state index contributed by atoms with van der Waals surface area (Å²) in [6.07, 6.45) is 0. The molecule has 0 unspecified atom stereocenters. The highest BCUT2D eigenvalue weighted by Crippen LogP contribution is 2.22. The predicted molar refractivity (Wildman–Crippen MR) is 91.6 cm³/mol. The number of thioether (sulfide) groups is 1. The van der Waals surface area contributed by atoms with Gasteiger partial charge in [-0.2, -0.15) is 0 Å². The van der Waals surface area contributed by atoms with Crippen LogP contribution in [0.25, 0.3) is 11.0 Å². The SMILES string of the molecule is Cc1ccc(NC(=O)CSc2nc3ccc(Cl)cc3[nH]2)c(F)c1. The smallest absolute Gasteiger partial charge is 0.234 e. The highest BCUT2D eigenvalue weighted by molar-refractivity contribution is 7.99. The summed E-state index contributed by atoms with van der Waals surface area (Å²) in [5.41, 5.74) is 2.57. The van der Waals surface area contributed by atoms with Crippen molar-refractivity contribution >= 4 is 46.0 Å². The Morgan fingerprint density at radius 1 is 1.35 bits per heavy atom. The number of hydrogen-bond donors (Lipinski definition) is 2. The molecule has 0 saturated carbocycles. The van der Waals surface area contributed by atoms with Gasteiger partial charge in [0.1, 0.15) is 5.82 Å². The van der Waals surface area contributed by atoms with Gasteiger partial charge in [0.25, 0.3) is 0 Å². The number of rotatable bonds is 4. The third-order valence-electron chi connectivity index (χ3n) is 3.16. The van der Waals surface area contributed by atoms with Crippen molar-refractivity contribution < 1.29 is 9.18 Å². The Kier molecular flexibility index (Phi) is 4.54. The Hall–Kier alpha value is -2.05. The van der Waals surface area contributed by atoms with Crippen LogP contribution in [0.15, 0.2) is 41.6 Å². The molecule has 0 aliphatic heterocycles. The molecule has 0 radical (unpaired) electrons. The number of fused-ring (bicyclic) bond motifs is 1. The van der Waals surface area contributed by atoms with Gasteiger partial charge in [0.05, 0.1) is 22.5 Å². The molecule has 23 heavy (non-hydrogen) atoms. The molecule has 1 amide bonds. The lowest BCUT2D eigenvalue weighted by Crippen LogP contribution is -2.15. The van der Waals surface area contributed by atoms with Crippen molar-refractivity contribution in [2.24, 2.45) is 0 Å². The van der Waals surface area contributed by atoms with Crippen LogP contribution in [0, 0.1) is 12.7 Å². The number of anilines is 1. The van der Waals surface area contributed by atoms with Crippen LogP contribution in [0.5, 0.6) is 0 Å². The molecule has 2 aromatic carbocycles. The number of H-pyrrole nitrogens is 1. The van der Waals surface area contributed by atoms with Crippen LogP contribution in [0.3, 0.4) is 0 Å². The second-order valence-corrected chi connectivity index (χ2v) is 6.42. The van der Waals surface area contributed by atoms with Crippen molar-refractivity contribution in [3.05, 3.63) is 52.8 Å². The van der Waals surface area contributed by atoms with Gasteiger partial charge < -0.3 is 10.3 Å². The third-order valence-corrected chi connectivity index (χ3v) is 4.27. The monoisotopic (exact) mass is 349 g/mol. The second-order valence-electron chi connectivity index (χ2n) is 5.02. The maximum Gasteiger partial charge on any atom is 0.234 e. The zero-order valence-electron chi connectivity index (χ0n) is 12.2. The average molecular weight is 350 g/mol. The van der Waals surface area contributed by atoms with Gasteiger partial charge in [-0.25, -0.2) is 9.37 Å². The van der Waals surface area contributed by atoms with E-state index in [2.05, 4.69) is 15.3 Å². The molecule has 0 fully saturated rings. The number of carbonyl (C=O) groups excluding carboxylic acids is 1. The van der Waals surface area contributed by atoms with Gasteiger partial charge in [-0.15, -0.1) is 0 Å². The second kappa shape index (κ2) is 6.60. The summed E-state index contributed by atoms with van der Waals surface area (Å²) in [4.78, 5) is 19.4. The Labute approximate surface area is 141 Å². The summed E-state index contributed by atoms with van der Waals surface area (Å²) >= 11 is 7.16. The number of nitrogens with zero attached hydrogens (tertiary/aromatic N) is 1. The van der Waals surface area contributed by atoms with Crippen LogP contribution < -0.4 is 5.32 Å². The molecule has 3 rings (SSSR count). The Bertz CT molecular complexity index is 881. The quantitative estimate of drug-likeness (QED) is 0.686. The van der Waals surface area contributed by atoms with E-state index in [0.29, 0.717) is 10.2 Å². The topological polar surface area (TPSA) is 57.8 Å². The maximum absolute atomic E-state index is 13.7. The van der Waals surface area contributed by atoms with E-state index in [0.717, 1.165) is 16.6 Å². The van der Waals surface area contributed by atoms with E-state index < -0.39 is 5.82 Å². The highest BCUT2D eigenvalue weighted by atomic mass is 35.5. The number of nitrogens with one attached hydrogen (secondary N) is 2. The largest absolute Gasteiger partial charge is 0.333 e. The normalized spacial score (nSPS) is 10.9. The fourth-order valence-electron chi connectivity index (χ4n) is 2.07. The van der Waals surface area contributed by atoms with Gasteiger partial charge in [0.2, 0.25) is 5.91 Å². The van der Waals surface area contributed by atoms with E-state index in [1.165, 1.54) is 17.8 Å². The number of amides is 1. The summed E-state index contributed by atoms with van der Waals surface area (Å²) in [5, 5.41) is 3.78. The zero-order valence-corrected chi connectivity index (χ0v) is 13.8. The molecule has 4 nitrogen and oxygen atoms in total. The predicted octanol–water partition coefficient (Wildman–Crippen LogP) is 4.39. The van der Waals surface area contributed by atoms with Crippen LogP contribution >= 0.6 is 23.4 Å². The number of imidazole rings is 1. The number of aromatic nitrogens is 2. The summed E-state index contributed by atoms with van der Waals surface area (Å²) in [6.45, 7) is 1.79. The van der Waals surface area contributed by atoms with Gasteiger partial charge in [-0.3, -0.25) is 4.79 Å². The minimum Gasteiger partial charge on any atom is -0.333 e. The van der Waals surface area contributed by atoms with E-state index in [9.17, 15) is 9.18 Å². The van der Waals surface area contributed by atoms with Crippen molar-refractivity contribution in [3.8, 4) is 0 Å². The van der Waals surface area contributed by atoms with Gasteiger partial charge in [0, 0.05) is 5.02 Å².